The first-order valence-electron chi connectivity index (χ1n) is 6.35. The van der Waals surface area contributed by atoms with Crippen LogP contribution in [0.3, 0.4) is 0 Å². The van der Waals surface area contributed by atoms with Gasteiger partial charge in [-0.25, -0.2) is 0 Å². The van der Waals surface area contributed by atoms with Gasteiger partial charge in [0, 0.05) is 28.3 Å². The number of nitrogens with zero attached hydrogens (tertiary/aromatic N) is 1. The number of carbonyl (C=O) groups excluding carboxylic acids is 1. The van der Waals surface area contributed by atoms with Gasteiger partial charge in [-0.05, 0) is 25.0 Å². The first-order valence-corrected chi connectivity index (χ1v) is 7.14. The molecule has 0 spiro atoms. The van der Waals surface area contributed by atoms with Crippen LogP contribution < -0.4 is 5.73 Å². The summed E-state index contributed by atoms with van der Waals surface area (Å²) in [5.74, 6) is 0.555. The molecule has 4 heteroatoms. The molecule has 1 aromatic rings. The van der Waals surface area contributed by atoms with Crippen molar-refractivity contribution in [1.29, 1.82) is 0 Å². The van der Waals surface area contributed by atoms with E-state index in [0.29, 0.717) is 23.7 Å². The number of hydrogen-bond donors (Lipinski definition) is 1. The third kappa shape index (κ3) is 2.03. The van der Waals surface area contributed by atoms with Crippen molar-refractivity contribution in [3.8, 4) is 0 Å². The second-order valence-electron chi connectivity index (χ2n) is 5.05. The molecule has 2 N–H and O–H groups in total. The van der Waals surface area contributed by atoms with Crippen LogP contribution in [0.2, 0.25) is 0 Å². The zero-order valence-corrected chi connectivity index (χ0v) is 12.6. The van der Waals surface area contributed by atoms with E-state index in [4.69, 9.17) is 5.73 Å². The van der Waals surface area contributed by atoms with E-state index < -0.39 is 0 Å². The Morgan fingerprint density at radius 3 is 2.67 bits per heavy atom. The van der Waals surface area contributed by atoms with Gasteiger partial charge in [-0.2, -0.15) is 0 Å². The number of carbonyl (C=O) groups is 1. The lowest BCUT2D eigenvalue weighted by molar-refractivity contribution is 0.0662. The number of nitrogens with two attached hydrogens (primary N) is 1. The van der Waals surface area contributed by atoms with E-state index in [1.807, 2.05) is 11.0 Å². The molecule has 0 fully saturated rings. The topological polar surface area (TPSA) is 46.3 Å². The fourth-order valence-electron chi connectivity index (χ4n) is 2.41. The van der Waals surface area contributed by atoms with Gasteiger partial charge in [0.15, 0.2) is 0 Å². The molecule has 0 aliphatic carbocycles. The Kier molecular flexibility index (Phi) is 3.66. The van der Waals surface area contributed by atoms with Crippen LogP contribution in [0, 0.1) is 5.92 Å². The quantitative estimate of drug-likeness (QED) is 0.869. The molecule has 1 aliphatic heterocycles. The minimum absolute atomic E-state index is 0.0663. The Morgan fingerprint density at radius 1 is 1.44 bits per heavy atom. The highest BCUT2D eigenvalue weighted by Crippen LogP contribution is 2.35. The van der Waals surface area contributed by atoms with Gasteiger partial charge in [-0.15, -0.1) is 0 Å². The SMILES string of the molecule is CCC(C)[C@@H](C)N1Cc2c(Br)ccc(N)c2C1=O. The summed E-state index contributed by atoms with van der Waals surface area (Å²) in [7, 11) is 0. The first kappa shape index (κ1) is 13.4. The van der Waals surface area contributed by atoms with Gasteiger partial charge in [0.05, 0.1) is 5.56 Å². The molecule has 1 heterocycles. The van der Waals surface area contributed by atoms with Crippen LogP contribution in [-0.4, -0.2) is 16.8 Å². The molecule has 98 valence electrons. The molecular weight excluding hydrogens is 292 g/mol. The molecule has 2 rings (SSSR count). The van der Waals surface area contributed by atoms with Gasteiger partial charge in [0.25, 0.3) is 5.91 Å². The molecule has 1 unspecified atom stereocenters. The Labute approximate surface area is 116 Å². The summed E-state index contributed by atoms with van der Waals surface area (Å²) in [4.78, 5) is 14.4. The lowest BCUT2D eigenvalue weighted by atomic mass is 9.99. The summed E-state index contributed by atoms with van der Waals surface area (Å²) in [5, 5.41) is 0. The number of anilines is 1. The summed E-state index contributed by atoms with van der Waals surface area (Å²) in [6, 6.07) is 3.94. The van der Waals surface area contributed by atoms with E-state index in [0.717, 1.165) is 16.5 Å². The molecule has 2 atom stereocenters. The average molecular weight is 311 g/mol. The van der Waals surface area contributed by atoms with E-state index in [1.54, 1.807) is 6.07 Å². The summed E-state index contributed by atoms with van der Waals surface area (Å²) in [5.41, 5.74) is 8.22. The van der Waals surface area contributed by atoms with Gasteiger partial charge in [-0.1, -0.05) is 36.2 Å². The van der Waals surface area contributed by atoms with Crippen molar-refractivity contribution in [2.45, 2.75) is 39.8 Å². The maximum absolute atomic E-state index is 12.5. The Morgan fingerprint density at radius 2 is 2.11 bits per heavy atom. The second-order valence-corrected chi connectivity index (χ2v) is 5.90. The van der Waals surface area contributed by atoms with E-state index >= 15 is 0 Å². The molecule has 0 saturated carbocycles. The summed E-state index contributed by atoms with van der Waals surface area (Å²) >= 11 is 3.51. The normalized spacial score (nSPS) is 17.8. The fourth-order valence-corrected chi connectivity index (χ4v) is 2.87. The van der Waals surface area contributed by atoms with Crippen LogP contribution in [0.1, 0.15) is 43.1 Å². The minimum Gasteiger partial charge on any atom is -0.398 e. The molecule has 0 radical (unpaired) electrons. The molecule has 1 amide bonds. The highest BCUT2D eigenvalue weighted by atomic mass is 79.9. The van der Waals surface area contributed by atoms with Crippen LogP contribution >= 0.6 is 15.9 Å². The highest BCUT2D eigenvalue weighted by molar-refractivity contribution is 9.10. The highest BCUT2D eigenvalue weighted by Gasteiger charge is 2.35. The van der Waals surface area contributed by atoms with Crippen LogP contribution in [0.5, 0.6) is 0 Å². The largest absolute Gasteiger partial charge is 0.398 e. The van der Waals surface area contributed by atoms with E-state index in [-0.39, 0.29) is 11.9 Å². The molecule has 3 nitrogen and oxygen atoms in total. The number of halogens is 1. The molecule has 18 heavy (non-hydrogen) atoms. The maximum Gasteiger partial charge on any atom is 0.256 e. The van der Waals surface area contributed by atoms with E-state index in [9.17, 15) is 4.79 Å². The maximum atomic E-state index is 12.5. The second kappa shape index (κ2) is 4.92. The Balaban J connectivity index is 2.36. The predicted molar refractivity (Wildman–Crippen MR) is 77.3 cm³/mol. The third-order valence-electron chi connectivity index (χ3n) is 4.05. The smallest absolute Gasteiger partial charge is 0.256 e. The van der Waals surface area contributed by atoms with Crippen LogP contribution in [-0.2, 0) is 6.54 Å². The zero-order valence-electron chi connectivity index (χ0n) is 11.0. The first-order chi connectivity index (χ1) is 8.47. The van der Waals surface area contributed by atoms with Gasteiger partial charge in [-0.3, -0.25) is 4.79 Å². The van der Waals surface area contributed by atoms with E-state index in [2.05, 4.69) is 36.7 Å². The lowest BCUT2D eigenvalue weighted by Crippen LogP contribution is -2.37. The minimum atomic E-state index is 0.0663. The summed E-state index contributed by atoms with van der Waals surface area (Å²) in [6.45, 7) is 7.10. The van der Waals surface area contributed by atoms with E-state index in [1.165, 1.54) is 0 Å². The van der Waals surface area contributed by atoms with Gasteiger partial charge in [0.2, 0.25) is 0 Å². The van der Waals surface area contributed by atoms with Crippen molar-refractivity contribution in [3.05, 3.63) is 27.7 Å². The molecule has 0 saturated heterocycles. The van der Waals surface area contributed by atoms with Crippen LogP contribution in [0.25, 0.3) is 0 Å². The van der Waals surface area contributed by atoms with Crippen molar-refractivity contribution in [3.63, 3.8) is 0 Å². The number of rotatable bonds is 3. The van der Waals surface area contributed by atoms with Crippen molar-refractivity contribution >= 4 is 27.5 Å². The number of amides is 1. The molecule has 1 aliphatic rings. The third-order valence-corrected chi connectivity index (χ3v) is 4.79. The van der Waals surface area contributed by atoms with Crippen molar-refractivity contribution in [2.24, 2.45) is 5.92 Å². The number of hydrogen-bond acceptors (Lipinski definition) is 2. The standard InChI is InChI=1S/C14H19BrN2O/c1-4-8(2)9(3)17-7-10-11(15)5-6-12(16)13(10)14(17)18/h5-6,8-9H,4,7,16H2,1-3H3/t8?,9-/m1/s1. The zero-order chi connectivity index (χ0) is 13.4. The molecule has 0 aromatic heterocycles. The van der Waals surface area contributed by atoms with Crippen molar-refractivity contribution in [1.82, 2.24) is 4.90 Å². The Hall–Kier alpha value is -1.03. The van der Waals surface area contributed by atoms with Gasteiger partial charge >= 0.3 is 0 Å². The van der Waals surface area contributed by atoms with Crippen molar-refractivity contribution in [2.75, 3.05) is 5.73 Å². The monoisotopic (exact) mass is 310 g/mol. The van der Waals surface area contributed by atoms with Crippen molar-refractivity contribution < 1.29 is 4.79 Å². The van der Waals surface area contributed by atoms with Gasteiger partial charge in [0.1, 0.15) is 0 Å². The summed E-state index contributed by atoms with van der Waals surface area (Å²) in [6.07, 6.45) is 1.07. The average Bonchev–Trinajstić information content (AvgIpc) is 2.71. The number of fused-ring (bicyclic) bond motifs is 1. The fraction of sp³-hybridized carbons (Fsp3) is 0.500. The van der Waals surface area contributed by atoms with Crippen LogP contribution in [0.4, 0.5) is 5.69 Å². The predicted octanol–water partition coefficient (Wildman–Crippen LogP) is 3.42. The van der Waals surface area contributed by atoms with Crippen LogP contribution in [0.15, 0.2) is 16.6 Å². The summed E-state index contributed by atoms with van der Waals surface area (Å²) < 4.78 is 0.971. The molecule has 1 aromatic carbocycles. The lowest BCUT2D eigenvalue weighted by Gasteiger charge is -2.29. The Bertz CT molecular complexity index is 487. The van der Waals surface area contributed by atoms with Gasteiger partial charge < -0.3 is 10.6 Å². The number of benzene rings is 1. The number of nitrogen functional groups attached to an aromatic ring is 1. The molecular formula is C14H19BrN2O. The molecule has 0 bridgehead atoms.